The molecule has 0 bridgehead atoms. The van der Waals surface area contributed by atoms with E-state index in [1.807, 2.05) is 0 Å². The second-order valence-corrected chi connectivity index (χ2v) is 3.77. The summed E-state index contributed by atoms with van der Waals surface area (Å²) in [5.74, 6) is 0.452. The van der Waals surface area contributed by atoms with Crippen LogP contribution in [0.5, 0.6) is 0 Å². The van der Waals surface area contributed by atoms with Crippen molar-refractivity contribution in [3.63, 3.8) is 0 Å². The molecule has 0 radical (unpaired) electrons. The molecule has 2 heterocycles. The summed E-state index contributed by atoms with van der Waals surface area (Å²) in [5, 5.41) is 0. The summed E-state index contributed by atoms with van der Waals surface area (Å²) in [5.41, 5.74) is 1.51. The number of rotatable bonds is 0. The molecule has 0 unspecified atom stereocenters. The number of hydrogen-bond donors (Lipinski definition) is 0. The Kier molecular flexibility index (Phi) is 2.01. The number of nitrogens with zero attached hydrogens (tertiary/aromatic N) is 1. The lowest BCUT2D eigenvalue weighted by Crippen LogP contribution is -2.37. The first-order chi connectivity index (χ1) is 5.79. The Morgan fingerprint density at radius 3 is 3.08 bits per heavy atom. The van der Waals surface area contributed by atoms with E-state index < -0.39 is 0 Å². The highest BCUT2D eigenvalue weighted by atomic mass is 16.1. The standard InChI is InChI=1S/C10H15NO/c1-2-8-5-9-6-10(12)3-4-11(9)7-8/h2,9H,3-7H2,1H3/t9-/m0/s1. The van der Waals surface area contributed by atoms with Gasteiger partial charge in [0.15, 0.2) is 0 Å². The lowest BCUT2D eigenvalue weighted by molar-refractivity contribution is -0.122. The minimum absolute atomic E-state index is 0.452. The second-order valence-electron chi connectivity index (χ2n) is 3.77. The molecule has 66 valence electrons. The molecular formula is C10H15NO. The van der Waals surface area contributed by atoms with Crippen LogP contribution in [0.25, 0.3) is 0 Å². The maximum Gasteiger partial charge on any atom is 0.135 e. The fourth-order valence-electron chi connectivity index (χ4n) is 2.19. The summed E-state index contributed by atoms with van der Waals surface area (Å²) < 4.78 is 0. The normalized spacial score (nSPS) is 34.2. The Labute approximate surface area is 73.2 Å². The predicted octanol–water partition coefficient (Wildman–Crippen LogP) is 1.37. The molecule has 2 nitrogen and oxygen atoms in total. The SMILES string of the molecule is CC=C1C[C@H]2CC(=O)CCN2C1. The van der Waals surface area contributed by atoms with Crippen molar-refractivity contribution in [1.82, 2.24) is 4.90 Å². The third-order valence-corrected chi connectivity index (χ3v) is 2.97. The third-order valence-electron chi connectivity index (χ3n) is 2.97. The van der Waals surface area contributed by atoms with Gasteiger partial charge in [-0.1, -0.05) is 11.6 Å². The molecule has 1 atom stereocenters. The fraction of sp³-hybridized carbons (Fsp3) is 0.700. The predicted molar refractivity (Wildman–Crippen MR) is 48.0 cm³/mol. The average Bonchev–Trinajstić information content (AvgIpc) is 2.46. The van der Waals surface area contributed by atoms with E-state index in [1.165, 1.54) is 5.57 Å². The molecule has 0 spiro atoms. The van der Waals surface area contributed by atoms with Crippen molar-refractivity contribution in [2.75, 3.05) is 13.1 Å². The van der Waals surface area contributed by atoms with E-state index in [1.54, 1.807) is 0 Å². The van der Waals surface area contributed by atoms with Gasteiger partial charge < -0.3 is 0 Å². The van der Waals surface area contributed by atoms with Crippen molar-refractivity contribution < 1.29 is 4.79 Å². The fourth-order valence-corrected chi connectivity index (χ4v) is 2.19. The Morgan fingerprint density at radius 1 is 1.50 bits per heavy atom. The van der Waals surface area contributed by atoms with Gasteiger partial charge >= 0.3 is 0 Å². The van der Waals surface area contributed by atoms with Crippen molar-refractivity contribution in [3.05, 3.63) is 11.6 Å². The van der Waals surface area contributed by atoms with Gasteiger partial charge in [-0.05, 0) is 13.3 Å². The molecule has 0 saturated carbocycles. The number of allylic oxidation sites excluding steroid dienone is 1. The number of carbonyl (C=O) groups excluding carboxylic acids is 1. The summed E-state index contributed by atoms with van der Waals surface area (Å²) in [7, 11) is 0. The van der Waals surface area contributed by atoms with Gasteiger partial charge in [-0.25, -0.2) is 0 Å². The van der Waals surface area contributed by atoms with Gasteiger partial charge in [0, 0.05) is 32.0 Å². The van der Waals surface area contributed by atoms with Crippen LogP contribution < -0.4 is 0 Å². The minimum Gasteiger partial charge on any atom is -0.300 e. The van der Waals surface area contributed by atoms with Crippen LogP contribution in [-0.2, 0) is 4.79 Å². The lowest BCUT2D eigenvalue weighted by Gasteiger charge is -2.27. The molecule has 2 rings (SSSR count). The topological polar surface area (TPSA) is 20.3 Å². The summed E-state index contributed by atoms with van der Waals surface area (Å²) >= 11 is 0. The number of piperidine rings is 1. The van der Waals surface area contributed by atoms with E-state index in [-0.39, 0.29) is 0 Å². The molecule has 12 heavy (non-hydrogen) atoms. The molecule has 2 heteroatoms. The van der Waals surface area contributed by atoms with Crippen LogP contribution in [0.2, 0.25) is 0 Å². The summed E-state index contributed by atoms with van der Waals surface area (Å²) in [6.07, 6.45) is 4.88. The quantitative estimate of drug-likeness (QED) is 0.505. The Hall–Kier alpha value is -0.630. The van der Waals surface area contributed by atoms with Crippen LogP contribution in [0.4, 0.5) is 0 Å². The van der Waals surface area contributed by atoms with E-state index >= 15 is 0 Å². The molecule has 0 aromatic heterocycles. The zero-order chi connectivity index (χ0) is 8.55. The highest BCUT2D eigenvalue weighted by Crippen LogP contribution is 2.28. The average molecular weight is 165 g/mol. The molecule has 2 saturated heterocycles. The Morgan fingerprint density at radius 2 is 2.33 bits per heavy atom. The molecule has 2 aliphatic heterocycles. The first-order valence-electron chi connectivity index (χ1n) is 4.69. The van der Waals surface area contributed by atoms with E-state index in [0.717, 1.165) is 32.4 Å². The first-order valence-corrected chi connectivity index (χ1v) is 4.69. The largest absolute Gasteiger partial charge is 0.300 e. The van der Waals surface area contributed by atoms with Gasteiger partial charge in [-0.2, -0.15) is 0 Å². The summed E-state index contributed by atoms with van der Waals surface area (Å²) in [6, 6.07) is 0.539. The second kappa shape index (κ2) is 3.02. The van der Waals surface area contributed by atoms with Crippen molar-refractivity contribution >= 4 is 5.78 Å². The zero-order valence-corrected chi connectivity index (χ0v) is 7.55. The van der Waals surface area contributed by atoms with Crippen molar-refractivity contribution in [2.24, 2.45) is 0 Å². The first kappa shape index (κ1) is 7.99. The maximum absolute atomic E-state index is 11.2. The molecule has 0 aromatic rings. The molecule has 2 fully saturated rings. The molecular weight excluding hydrogens is 150 g/mol. The van der Waals surface area contributed by atoms with Gasteiger partial charge in [0.1, 0.15) is 5.78 Å². The summed E-state index contributed by atoms with van der Waals surface area (Å²) in [4.78, 5) is 13.6. The van der Waals surface area contributed by atoms with E-state index in [0.29, 0.717) is 11.8 Å². The van der Waals surface area contributed by atoms with E-state index in [9.17, 15) is 4.79 Å². The minimum atomic E-state index is 0.452. The zero-order valence-electron chi connectivity index (χ0n) is 7.55. The Bertz CT molecular complexity index is 232. The highest BCUT2D eigenvalue weighted by Gasteiger charge is 2.32. The molecule has 2 aliphatic rings. The van der Waals surface area contributed by atoms with Crippen LogP contribution >= 0.6 is 0 Å². The monoisotopic (exact) mass is 165 g/mol. The van der Waals surface area contributed by atoms with Gasteiger partial charge in [0.25, 0.3) is 0 Å². The smallest absolute Gasteiger partial charge is 0.135 e. The lowest BCUT2D eigenvalue weighted by atomic mass is 10.0. The van der Waals surface area contributed by atoms with Crippen molar-refractivity contribution in [2.45, 2.75) is 32.2 Å². The molecule has 0 amide bonds. The highest BCUT2D eigenvalue weighted by molar-refractivity contribution is 5.80. The van der Waals surface area contributed by atoms with Crippen LogP contribution in [0, 0.1) is 0 Å². The van der Waals surface area contributed by atoms with Gasteiger partial charge in [-0.15, -0.1) is 0 Å². The Balaban J connectivity index is 2.07. The van der Waals surface area contributed by atoms with Crippen LogP contribution in [0.3, 0.4) is 0 Å². The number of hydrogen-bond acceptors (Lipinski definition) is 2. The van der Waals surface area contributed by atoms with Gasteiger partial charge in [0.2, 0.25) is 0 Å². The number of Topliss-reactive ketones (excluding diaryl/α,β-unsaturated/α-hetero) is 1. The maximum atomic E-state index is 11.2. The molecule has 0 N–H and O–H groups in total. The molecule has 0 aromatic carbocycles. The van der Waals surface area contributed by atoms with Crippen molar-refractivity contribution in [1.29, 1.82) is 0 Å². The van der Waals surface area contributed by atoms with Crippen LogP contribution in [0.15, 0.2) is 11.6 Å². The van der Waals surface area contributed by atoms with Gasteiger partial charge in [0.05, 0.1) is 0 Å². The molecule has 0 aliphatic carbocycles. The summed E-state index contributed by atoms with van der Waals surface area (Å²) in [6.45, 7) is 4.19. The number of ketones is 1. The van der Waals surface area contributed by atoms with Crippen LogP contribution in [0.1, 0.15) is 26.2 Å². The van der Waals surface area contributed by atoms with Crippen LogP contribution in [-0.4, -0.2) is 29.8 Å². The number of fused-ring (bicyclic) bond motifs is 1. The number of carbonyl (C=O) groups is 1. The third kappa shape index (κ3) is 1.31. The van der Waals surface area contributed by atoms with Gasteiger partial charge in [-0.3, -0.25) is 9.69 Å². The van der Waals surface area contributed by atoms with E-state index in [4.69, 9.17) is 0 Å². The van der Waals surface area contributed by atoms with E-state index in [2.05, 4.69) is 17.9 Å². The van der Waals surface area contributed by atoms with Crippen molar-refractivity contribution in [3.8, 4) is 0 Å².